The van der Waals surface area contributed by atoms with Crippen molar-refractivity contribution in [1.82, 2.24) is 0 Å². The second-order valence-corrected chi connectivity index (χ2v) is 14.2. The zero-order valence-corrected chi connectivity index (χ0v) is 31.2. The van der Waals surface area contributed by atoms with Crippen LogP contribution in [-0.2, 0) is 0 Å². The molecule has 3 nitrogen and oxygen atoms in total. The second-order valence-electron chi connectivity index (χ2n) is 14.2. The Labute approximate surface area is 292 Å². The Morgan fingerprint density at radius 3 is 0.809 bits per heavy atom. The fourth-order valence-electron chi connectivity index (χ4n) is 6.52. The molecule has 0 aliphatic heterocycles. The van der Waals surface area contributed by atoms with Crippen molar-refractivity contribution in [1.29, 1.82) is 0 Å². The van der Waals surface area contributed by atoms with Gasteiger partial charge in [-0.3, -0.25) is 0 Å². The van der Waals surface area contributed by atoms with Gasteiger partial charge in [0.1, 0.15) is 11.5 Å². The molecule has 0 aliphatic rings. The van der Waals surface area contributed by atoms with E-state index >= 15 is 0 Å². The number of rotatable bonds is 34. The molecule has 2 aromatic carbocycles. The minimum atomic E-state index is 0.884. The van der Waals surface area contributed by atoms with Crippen LogP contribution in [0.3, 0.4) is 0 Å². The normalized spacial score (nSPS) is 11.2. The largest absolute Gasteiger partial charge is 0.457 e. The predicted octanol–water partition coefficient (Wildman–Crippen LogP) is 15.3. The van der Waals surface area contributed by atoms with Crippen LogP contribution in [0, 0.1) is 0 Å². The van der Waals surface area contributed by atoms with Crippen molar-refractivity contribution in [2.45, 2.75) is 194 Å². The number of hydrogen-bond acceptors (Lipinski definition) is 3. The minimum absolute atomic E-state index is 0.884. The van der Waals surface area contributed by atoms with Crippen molar-refractivity contribution in [3.05, 3.63) is 48.5 Å². The van der Waals surface area contributed by atoms with E-state index in [1.807, 2.05) is 0 Å². The summed E-state index contributed by atoms with van der Waals surface area (Å²) in [7, 11) is 0. The predicted molar refractivity (Wildman–Crippen MR) is 211 cm³/mol. The molecule has 0 atom stereocenters. The average molecular weight is 649 g/mol. The molecule has 0 aromatic heterocycles. The highest BCUT2D eigenvalue weighted by Gasteiger charge is 2.01. The summed E-state index contributed by atoms with van der Waals surface area (Å²) in [5, 5.41) is 7.15. The van der Waals surface area contributed by atoms with E-state index in [1.165, 1.54) is 191 Å². The van der Waals surface area contributed by atoms with Gasteiger partial charge < -0.3 is 15.4 Å². The lowest BCUT2D eigenvalue weighted by Crippen LogP contribution is -2.01. The van der Waals surface area contributed by atoms with Gasteiger partial charge in [-0.2, -0.15) is 0 Å². The van der Waals surface area contributed by atoms with E-state index in [1.54, 1.807) is 0 Å². The molecule has 0 bridgehead atoms. The Bertz CT molecular complexity index is 834. The third-order valence-corrected chi connectivity index (χ3v) is 9.66. The maximum atomic E-state index is 6.09. The molecule has 2 aromatic rings. The van der Waals surface area contributed by atoms with E-state index in [0.717, 1.165) is 24.6 Å². The first-order valence-corrected chi connectivity index (χ1v) is 20.7. The fraction of sp³-hybridized carbons (Fsp3) is 0.727. The van der Waals surface area contributed by atoms with Gasteiger partial charge >= 0.3 is 0 Å². The molecule has 2 N–H and O–H groups in total. The number of nitrogens with one attached hydrogen (secondary N) is 2. The molecule has 47 heavy (non-hydrogen) atoms. The van der Waals surface area contributed by atoms with E-state index in [-0.39, 0.29) is 0 Å². The summed E-state index contributed by atoms with van der Waals surface area (Å²) in [5.41, 5.74) is 2.35. The van der Waals surface area contributed by atoms with Crippen molar-refractivity contribution in [3.8, 4) is 11.5 Å². The Hall–Kier alpha value is -2.16. The number of ether oxygens (including phenoxy) is 1. The summed E-state index contributed by atoms with van der Waals surface area (Å²) in [4.78, 5) is 0. The van der Waals surface area contributed by atoms with Gasteiger partial charge in [0.05, 0.1) is 0 Å². The first-order chi connectivity index (χ1) is 23.3. The molecular weight excluding hydrogens is 572 g/mol. The van der Waals surface area contributed by atoms with Crippen LogP contribution in [0.15, 0.2) is 48.5 Å². The standard InChI is InChI=1S/C44H76N2O/c1-3-5-7-9-11-13-15-17-19-21-23-25-27-29-39-45-41-31-35-43(36-32-41)47-44-37-33-42(34-38-44)46-40-30-28-26-24-22-20-18-16-14-12-10-8-6-4-2/h31-38,45-46H,3-30,39-40H2,1-2H3. The molecule has 0 amide bonds. The molecule has 0 saturated heterocycles. The van der Waals surface area contributed by atoms with Crippen LogP contribution >= 0.6 is 0 Å². The van der Waals surface area contributed by atoms with Crippen molar-refractivity contribution >= 4 is 11.4 Å². The number of hydrogen-bond donors (Lipinski definition) is 2. The van der Waals surface area contributed by atoms with Crippen molar-refractivity contribution in [2.24, 2.45) is 0 Å². The maximum Gasteiger partial charge on any atom is 0.127 e. The van der Waals surface area contributed by atoms with Crippen molar-refractivity contribution in [3.63, 3.8) is 0 Å². The van der Waals surface area contributed by atoms with Gasteiger partial charge in [-0.25, -0.2) is 0 Å². The summed E-state index contributed by atoms with van der Waals surface area (Å²) in [5.74, 6) is 1.77. The molecule has 0 aliphatic carbocycles. The average Bonchev–Trinajstić information content (AvgIpc) is 3.09. The molecule has 3 heteroatoms. The van der Waals surface area contributed by atoms with Gasteiger partial charge in [-0.05, 0) is 61.4 Å². The molecule has 0 heterocycles. The van der Waals surface area contributed by atoms with E-state index in [0.29, 0.717) is 0 Å². The highest BCUT2D eigenvalue weighted by molar-refractivity contribution is 5.49. The van der Waals surface area contributed by atoms with Crippen molar-refractivity contribution in [2.75, 3.05) is 23.7 Å². The third kappa shape index (κ3) is 24.6. The number of unbranched alkanes of at least 4 members (excludes halogenated alkanes) is 26. The smallest absolute Gasteiger partial charge is 0.127 e. The molecule has 0 spiro atoms. The maximum absolute atomic E-state index is 6.09. The van der Waals surface area contributed by atoms with Crippen LogP contribution in [0.4, 0.5) is 11.4 Å². The summed E-state index contributed by atoms with van der Waals surface area (Å²) in [6.07, 6.45) is 39.3. The lowest BCUT2D eigenvalue weighted by Gasteiger charge is -2.10. The molecule has 268 valence electrons. The van der Waals surface area contributed by atoms with E-state index in [4.69, 9.17) is 4.74 Å². The summed E-state index contributed by atoms with van der Waals surface area (Å²) < 4.78 is 6.09. The first kappa shape index (κ1) is 41.0. The Balaban J connectivity index is 1.40. The number of anilines is 2. The lowest BCUT2D eigenvalue weighted by atomic mass is 10.0. The third-order valence-electron chi connectivity index (χ3n) is 9.66. The first-order valence-electron chi connectivity index (χ1n) is 20.7. The fourth-order valence-corrected chi connectivity index (χ4v) is 6.52. The quantitative estimate of drug-likeness (QED) is 0.0741. The van der Waals surface area contributed by atoms with Crippen molar-refractivity contribution < 1.29 is 4.74 Å². The molecule has 0 unspecified atom stereocenters. The van der Waals surface area contributed by atoms with Crippen LogP contribution in [0.5, 0.6) is 11.5 Å². The molecule has 2 rings (SSSR count). The minimum Gasteiger partial charge on any atom is -0.457 e. The van der Waals surface area contributed by atoms with Crippen LogP contribution in [0.2, 0.25) is 0 Å². The van der Waals surface area contributed by atoms with Crippen LogP contribution in [0.25, 0.3) is 0 Å². The zero-order valence-electron chi connectivity index (χ0n) is 31.2. The highest BCUT2D eigenvalue weighted by atomic mass is 16.5. The molecule has 0 saturated carbocycles. The SMILES string of the molecule is CCCCCCCCCCCCCCCCNc1ccc(Oc2ccc(NCCCCCCCCCCCCCCCC)cc2)cc1. The van der Waals surface area contributed by atoms with Crippen LogP contribution < -0.4 is 15.4 Å². The zero-order chi connectivity index (χ0) is 33.3. The Morgan fingerprint density at radius 1 is 0.319 bits per heavy atom. The molecule has 0 radical (unpaired) electrons. The summed E-state index contributed by atoms with van der Waals surface area (Å²) in [6, 6.07) is 16.8. The van der Waals surface area contributed by atoms with Gasteiger partial charge in [0.2, 0.25) is 0 Å². The summed E-state index contributed by atoms with van der Waals surface area (Å²) >= 11 is 0. The van der Waals surface area contributed by atoms with Crippen LogP contribution in [-0.4, -0.2) is 13.1 Å². The van der Waals surface area contributed by atoms with Gasteiger partial charge in [0, 0.05) is 24.5 Å². The van der Waals surface area contributed by atoms with Gasteiger partial charge in [0.25, 0.3) is 0 Å². The van der Waals surface area contributed by atoms with E-state index in [9.17, 15) is 0 Å². The lowest BCUT2D eigenvalue weighted by molar-refractivity contribution is 0.483. The topological polar surface area (TPSA) is 33.3 Å². The Morgan fingerprint density at radius 2 is 0.553 bits per heavy atom. The van der Waals surface area contributed by atoms with Gasteiger partial charge in [0.15, 0.2) is 0 Å². The Kier molecular flexibility index (Phi) is 27.2. The molecular formula is C44H76N2O. The second kappa shape index (κ2) is 31.1. The van der Waals surface area contributed by atoms with Gasteiger partial charge in [-0.1, -0.05) is 181 Å². The van der Waals surface area contributed by atoms with E-state index < -0.39 is 0 Å². The monoisotopic (exact) mass is 649 g/mol. The van der Waals surface area contributed by atoms with Crippen LogP contribution in [0.1, 0.15) is 194 Å². The van der Waals surface area contributed by atoms with E-state index in [2.05, 4.69) is 73.0 Å². The summed E-state index contributed by atoms with van der Waals surface area (Å²) in [6.45, 7) is 6.69. The number of benzene rings is 2. The highest BCUT2D eigenvalue weighted by Crippen LogP contribution is 2.25. The molecule has 0 fully saturated rings. The van der Waals surface area contributed by atoms with Gasteiger partial charge in [-0.15, -0.1) is 0 Å².